The highest BCUT2D eigenvalue weighted by Gasteiger charge is 2.24. The van der Waals surface area contributed by atoms with Gasteiger partial charge in [0.05, 0.1) is 34.2 Å². The third-order valence-electron chi connectivity index (χ3n) is 5.21. The largest absolute Gasteiger partial charge is 0.755 e. The van der Waals surface area contributed by atoms with Crippen molar-refractivity contribution in [2.24, 2.45) is 0 Å². The summed E-state index contributed by atoms with van der Waals surface area (Å²) in [5.41, 5.74) is 2.40. The molecule has 12 heteroatoms. The van der Waals surface area contributed by atoms with Gasteiger partial charge >= 0.3 is 0 Å². The Bertz CT molecular complexity index is 1400. The second kappa shape index (κ2) is 12.1. The van der Waals surface area contributed by atoms with E-state index < -0.39 is 17.2 Å². The van der Waals surface area contributed by atoms with E-state index in [9.17, 15) is 13.6 Å². The minimum Gasteiger partial charge on any atom is -0.755 e. The Morgan fingerprint density at radius 3 is 2.44 bits per heavy atom. The van der Waals surface area contributed by atoms with Crippen molar-refractivity contribution in [1.82, 2.24) is 14.1 Å². The van der Waals surface area contributed by atoms with Crippen LogP contribution in [0.25, 0.3) is 0 Å². The molecule has 36 heavy (non-hydrogen) atoms. The molecule has 186 valence electrons. The third kappa shape index (κ3) is 6.42. The first-order valence-corrected chi connectivity index (χ1v) is 13.5. The summed E-state index contributed by atoms with van der Waals surface area (Å²) in [6.07, 6.45) is 0.823. The van der Waals surface area contributed by atoms with Gasteiger partial charge in [0, 0.05) is 28.0 Å². The van der Waals surface area contributed by atoms with Gasteiger partial charge in [-0.05, 0) is 47.9 Å². The van der Waals surface area contributed by atoms with Gasteiger partial charge in [-0.3, -0.25) is 13.3 Å². The van der Waals surface area contributed by atoms with Crippen LogP contribution in [0.3, 0.4) is 0 Å². The first-order valence-electron chi connectivity index (χ1n) is 10.6. The number of nitrogens with one attached hydrogen (secondary N) is 1. The Balaban J connectivity index is 1.60. The molecule has 1 unspecified atom stereocenters. The van der Waals surface area contributed by atoms with Gasteiger partial charge in [0.1, 0.15) is 5.69 Å². The maximum atomic E-state index is 13.1. The van der Waals surface area contributed by atoms with Crippen molar-refractivity contribution < 1.29 is 13.6 Å². The average Bonchev–Trinajstić information content (AvgIpc) is 3.28. The van der Waals surface area contributed by atoms with E-state index in [1.54, 1.807) is 18.2 Å². The molecule has 0 aliphatic rings. The number of amides is 1. The number of carbonyl (C=O) groups excluding carboxylic acids is 1. The van der Waals surface area contributed by atoms with Gasteiger partial charge in [-0.25, -0.2) is 0 Å². The molecule has 4 aromatic rings. The Kier molecular flexibility index (Phi) is 8.95. The number of benzene rings is 3. The van der Waals surface area contributed by atoms with E-state index in [2.05, 4.69) is 14.1 Å². The fraction of sp³-hybridized carbons (Fsp3) is 0.125. The Morgan fingerprint density at radius 2 is 1.72 bits per heavy atom. The van der Waals surface area contributed by atoms with E-state index in [0.717, 1.165) is 27.2 Å². The Hall–Kier alpha value is -2.53. The summed E-state index contributed by atoms with van der Waals surface area (Å²) in [5, 5.41) is 4.09. The van der Waals surface area contributed by atoms with E-state index >= 15 is 0 Å². The van der Waals surface area contributed by atoms with Crippen LogP contribution in [0.15, 0.2) is 66.7 Å². The summed E-state index contributed by atoms with van der Waals surface area (Å²) in [6.45, 7) is 0.264. The topological polar surface area (TPSA) is 98.2 Å². The van der Waals surface area contributed by atoms with Gasteiger partial charge in [-0.15, -0.1) is 0 Å². The predicted molar refractivity (Wildman–Crippen MR) is 144 cm³/mol. The van der Waals surface area contributed by atoms with E-state index in [0.29, 0.717) is 28.6 Å². The summed E-state index contributed by atoms with van der Waals surface area (Å²) >= 11 is 16.4. The van der Waals surface area contributed by atoms with E-state index in [4.69, 9.17) is 34.8 Å². The van der Waals surface area contributed by atoms with E-state index in [-0.39, 0.29) is 28.6 Å². The summed E-state index contributed by atoms with van der Waals surface area (Å²) in [7, 11) is 0. The van der Waals surface area contributed by atoms with Gasteiger partial charge in [0.25, 0.3) is 5.91 Å². The second-order valence-corrected chi connectivity index (χ2v) is 10.2. The summed E-state index contributed by atoms with van der Waals surface area (Å²) in [5.74, 6) is -0.364. The molecule has 1 N–H and O–H groups in total. The molecule has 1 aromatic heterocycles. The first-order chi connectivity index (χ1) is 17.3. The summed E-state index contributed by atoms with van der Waals surface area (Å²) < 4.78 is 34.3. The normalized spacial score (nSPS) is 11.8. The smallest absolute Gasteiger partial charge is 0.253 e. The quantitative estimate of drug-likeness (QED) is 0.245. The van der Waals surface area contributed by atoms with Crippen LogP contribution in [-0.2, 0) is 24.1 Å². The maximum absolute atomic E-state index is 13.1. The fourth-order valence-corrected chi connectivity index (χ4v) is 5.39. The number of anilines is 2. The highest BCUT2D eigenvalue weighted by Crippen LogP contribution is 2.34. The zero-order valence-electron chi connectivity index (χ0n) is 18.5. The summed E-state index contributed by atoms with van der Waals surface area (Å²) in [6, 6.07) is 19.0. The lowest BCUT2D eigenvalue weighted by molar-refractivity contribution is 0.0955. The SMILES string of the molecule is O=C(NCCc1ccc(Cl)cc1Cl)c1ccc(Cl)cc1N(c1nsnc1Cc1ccccc1)S(=O)[O-]. The third-order valence-corrected chi connectivity index (χ3v) is 7.26. The van der Waals surface area contributed by atoms with Crippen LogP contribution in [0.2, 0.25) is 15.1 Å². The zero-order chi connectivity index (χ0) is 25.7. The first kappa shape index (κ1) is 26.5. The molecule has 4 rings (SSSR count). The number of hydrogen-bond acceptors (Lipinski definition) is 6. The molecule has 0 spiro atoms. The molecule has 1 heterocycles. The number of nitrogens with zero attached hydrogens (tertiary/aromatic N) is 3. The molecule has 0 aliphatic carbocycles. The van der Waals surface area contributed by atoms with Gasteiger partial charge < -0.3 is 9.87 Å². The minimum absolute atomic E-state index is 0.0693. The standard InChI is InChI=1S/C24H19Cl3N4O3S2/c25-17-7-6-16(20(27)13-17)10-11-28-24(32)19-9-8-18(26)14-22(19)31(36(33)34)23-21(29-35-30-23)12-15-4-2-1-3-5-15/h1-9,13-14H,10-12H2,(H,28,32)(H,33,34)/p-1. The number of carbonyl (C=O) groups is 1. The van der Waals surface area contributed by atoms with Crippen molar-refractivity contribution in [3.63, 3.8) is 0 Å². The number of hydrogen-bond donors (Lipinski definition) is 1. The lowest BCUT2D eigenvalue weighted by atomic mass is 10.1. The molecule has 0 bridgehead atoms. The van der Waals surface area contributed by atoms with Crippen LogP contribution in [0.5, 0.6) is 0 Å². The highest BCUT2D eigenvalue weighted by atomic mass is 35.5. The highest BCUT2D eigenvalue weighted by molar-refractivity contribution is 7.81. The van der Waals surface area contributed by atoms with Gasteiger partial charge in [-0.1, -0.05) is 71.2 Å². The maximum Gasteiger partial charge on any atom is 0.253 e. The van der Waals surface area contributed by atoms with Crippen molar-refractivity contribution in [1.29, 1.82) is 0 Å². The molecule has 0 saturated heterocycles. The molecule has 0 fully saturated rings. The average molecular weight is 581 g/mol. The molecular formula is C24H18Cl3N4O3S2-. The van der Waals surface area contributed by atoms with Gasteiger partial charge in [0.15, 0.2) is 5.82 Å². The van der Waals surface area contributed by atoms with Crippen molar-refractivity contribution in [3.05, 3.63) is 104 Å². The van der Waals surface area contributed by atoms with Crippen molar-refractivity contribution in [2.45, 2.75) is 12.8 Å². The Labute approximate surface area is 229 Å². The molecule has 0 saturated carbocycles. The molecule has 1 atom stereocenters. The van der Waals surface area contributed by atoms with Gasteiger partial charge in [0.2, 0.25) is 0 Å². The van der Waals surface area contributed by atoms with Crippen LogP contribution >= 0.6 is 46.5 Å². The summed E-state index contributed by atoms with van der Waals surface area (Å²) in [4.78, 5) is 13.1. The van der Waals surface area contributed by atoms with Crippen LogP contribution < -0.4 is 9.62 Å². The Morgan fingerprint density at radius 1 is 1.00 bits per heavy atom. The van der Waals surface area contributed by atoms with Crippen LogP contribution in [0.4, 0.5) is 11.5 Å². The zero-order valence-corrected chi connectivity index (χ0v) is 22.4. The van der Waals surface area contributed by atoms with Gasteiger partial charge in [-0.2, -0.15) is 8.75 Å². The molecule has 0 aliphatic heterocycles. The van der Waals surface area contributed by atoms with Crippen LogP contribution in [0, 0.1) is 0 Å². The molecule has 1 amide bonds. The lowest BCUT2D eigenvalue weighted by Crippen LogP contribution is -2.29. The number of aromatic nitrogens is 2. The lowest BCUT2D eigenvalue weighted by Gasteiger charge is -2.27. The minimum atomic E-state index is -2.81. The molecule has 0 radical (unpaired) electrons. The molecular weight excluding hydrogens is 563 g/mol. The second-order valence-electron chi connectivity index (χ2n) is 7.61. The van der Waals surface area contributed by atoms with Crippen LogP contribution in [0.1, 0.15) is 27.2 Å². The van der Waals surface area contributed by atoms with Crippen LogP contribution in [-0.4, -0.2) is 30.0 Å². The molecule has 3 aromatic carbocycles. The monoisotopic (exact) mass is 579 g/mol. The van der Waals surface area contributed by atoms with Crippen molar-refractivity contribution >= 4 is 75.2 Å². The van der Waals surface area contributed by atoms with E-state index in [1.807, 2.05) is 30.3 Å². The van der Waals surface area contributed by atoms with Crippen molar-refractivity contribution in [2.75, 3.05) is 10.8 Å². The number of halogens is 3. The molecule has 7 nitrogen and oxygen atoms in total. The fourth-order valence-electron chi connectivity index (χ4n) is 3.52. The van der Waals surface area contributed by atoms with E-state index in [1.165, 1.54) is 18.2 Å². The predicted octanol–water partition coefficient (Wildman–Crippen LogP) is 5.99. The van der Waals surface area contributed by atoms with Crippen molar-refractivity contribution in [3.8, 4) is 0 Å². The number of rotatable bonds is 9.